The van der Waals surface area contributed by atoms with Gasteiger partial charge in [-0.15, -0.1) is 0 Å². The summed E-state index contributed by atoms with van der Waals surface area (Å²) in [5, 5.41) is 0. The number of anilines is 1. The Morgan fingerprint density at radius 1 is 1.29 bits per heavy atom. The molecule has 2 heterocycles. The zero-order valence-corrected chi connectivity index (χ0v) is 18.4. The van der Waals surface area contributed by atoms with Crippen LogP contribution in [0.15, 0.2) is 6.20 Å². The molecule has 1 aliphatic heterocycles. The molecule has 7 nitrogen and oxygen atoms in total. The fourth-order valence-electron chi connectivity index (χ4n) is 3.38. The highest BCUT2D eigenvalue weighted by Crippen LogP contribution is 2.29. The SMILES string of the molecule is [C-]#[N+]C(C)(C)c1cnc(N2CCN(C(=O)OC(C)(C)C)C[C@H]2C(C)C)nc1C. The number of aryl methyl sites for hydroxylation is 1. The number of piperazine rings is 1. The molecule has 0 N–H and O–H groups in total. The van der Waals surface area contributed by atoms with Gasteiger partial charge in [0.2, 0.25) is 5.95 Å². The Labute approximate surface area is 168 Å². The van der Waals surface area contributed by atoms with Gasteiger partial charge in [0, 0.05) is 39.7 Å². The molecule has 2 rings (SSSR count). The molecule has 1 aromatic heterocycles. The van der Waals surface area contributed by atoms with E-state index in [9.17, 15) is 4.79 Å². The number of nitrogens with zero attached hydrogens (tertiary/aromatic N) is 5. The van der Waals surface area contributed by atoms with Gasteiger partial charge in [-0.1, -0.05) is 13.8 Å². The molecule has 1 aliphatic rings. The van der Waals surface area contributed by atoms with Crippen molar-refractivity contribution in [3.8, 4) is 0 Å². The van der Waals surface area contributed by atoms with Crippen molar-refractivity contribution in [1.29, 1.82) is 0 Å². The molecule has 0 radical (unpaired) electrons. The fraction of sp³-hybridized carbons (Fsp3) is 0.714. The van der Waals surface area contributed by atoms with E-state index in [1.807, 2.05) is 41.5 Å². The highest BCUT2D eigenvalue weighted by atomic mass is 16.6. The number of rotatable bonds is 3. The molecule has 0 aromatic carbocycles. The predicted octanol–water partition coefficient (Wildman–Crippen LogP) is 4.02. The topological polar surface area (TPSA) is 62.9 Å². The van der Waals surface area contributed by atoms with Crippen LogP contribution in [0.4, 0.5) is 10.7 Å². The Hall–Kier alpha value is -2.36. The lowest BCUT2D eigenvalue weighted by atomic mass is 9.95. The molecule has 0 spiro atoms. The highest BCUT2D eigenvalue weighted by molar-refractivity contribution is 5.68. The number of hydrogen-bond donors (Lipinski definition) is 0. The lowest BCUT2D eigenvalue weighted by Gasteiger charge is -2.43. The fourth-order valence-corrected chi connectivity index (χ4v) is 3.38. The van der Waals surface area contributed by atoms with Crippen LogP contribution < -0.4 is 4.90 Å². The summed E-state index contributed by atoms with van der Waals surface area (Å²) in [6.07, 6.45) is 1.50. The molecule has 1 amide bonds. The maximum absolute atomic E-state index is 12.5. The van der Waals surface area contributed by atoms with Crippen molar-refractivity contribution in [3.05, 3.63) is 28.9 Å². The third-order valence-corrected chi connectivity index (χ3v) is 5.00. The molecular weight excluding hydrogens is 354 g/mol. The minimum absolute atomic E-state index is 0.0976. The molecule has 0 unspecified atom stereocenters. The Kier molecular flexibility index (Phi) is 6.22. The van der Waals surface area contributed by atoms with Gasteiger partial charge in [-0.2, -0.15) is 0 Å². The summed E-state index contributed by atoms with van der Waals surface area (Å²) in [7, 11) is 0. The first-order valence-electron chi connectivity index (χ1n) is 9.83. The molecule has 1 atom stereocenters. The summed E-state index contributed by atoms with van der Waals surface area (Å²) < 4.78 is 5.54. The third-order valence-electron chi connectivity index (χ3n) is 5.00. The van der Waals surface area contributed by atoms with E-state index in [4.69, 9.17) is 16.3 Å². The van der Waals surface area contributed by atoms with Gasteiger partial charge in [-0.05, 0) is 33.6 Å². The maximum Gasteiger partial charge on any atom is 0.410 e. The summed E-state index contributed by atoms with van der Waals surface area (Å²) in [6, 6.07) is 0.0976. The second-order valence-electron chi connectivity index (χ2n) is 9.27. The van der Waals surface area contributed by atoms with E-state index < -0.39 is 11.1 Å². The quantitative estimate of drug-likeness (QED) is 0.733. The average Bonchev–Trinajstić information content (AvgIpc) is 2.59. The van der Waals surface area contributed by atoms with Crippen LogP contribution in [0.1, 0.15) is 59.7 Å². The number of carbonyl (C=O) groups excluding carboxylic acids is 1. The van der Waals surface area contributed by atoms with Gasteiger partial charge in [-0.25, -0.2) is 21.3 Å². The standard InChI is InChI=1S/C21H33N5O2/c1-14(2)17-13-25(19(27)28-20(4,5)6)10-11-26(17)18-23-12-16(15(3)24-18)21(7,8)22-9/h12,14,17H,10-11,13H2,1-8H3/t17-/m0/s1. The van der Waals surface area contributed by atoms with Crippen LogP contribution in [0.2, 0.25) is 0 Å². The van der Waals surface area contributed by atoms with E-state index in [-0.39, 0.29) is 12.1 Å². The van der Waals surface area contributed by atoms with Crippen LogP contribution in [0.25, 0.3) is 4.85 Å². The van der Waals surface area contributed by atoms with Gasteiger partial charge in [0.15, 0.2) is 0 Å². The van der Waals surface area contributed by atoms with E-state index in [2.05, 4.69) is 28.6 Å². The zero-order chi connectivity index (χ0) is 21.3. The summed E-state index contributed by atoms with van der Waals surface area (Å²) >= 11 is 0. The number of carbonyl (C=O) groups is 1. The summed E-state index contributed by atoms with van der Waals surface area (Å²) in [5.41, 5.74) is 0.519. The van der Waals surface area contributed by atoms with Crippen LogP contribution >= 0.6 is 0 Å². The number of hydrogen-bond acceptors (Lipinski definition) is 5. The summed E-state index contributed by atoms with van der Waals surface area (Å²) in [6.45, 7) is 24.8. The molecule has 7 heteroatoms. The molecule has 0 aliphatic carbocycles. The summed E-state index contributed by atoms with van der Waals surface area (Å²) in [5.74, 6) is 0.970. The molecule has 0 saturated carbocycles. The Bertz CT molecular complexity index is 761. The highest BCUT2D eigenvalue weighted by Gasteiger charge is 2.36. The summed E-state index contributed by atoms with van der Waals surface area (Å²) in [4.78, 5) is 29.4. The minimum atomic E-state index is -0.643. The second-order valence-corrected chi connectivity index (χ2v) is 9.27. The largest absolute Gasteiger partial charge is 0.444 e. The molecule has 1 fully saturated rings. The monoisotopic (exact) mass is 387 g/mol. The van der Waals surface area contributed by atoms with Crippen LogP contribution in [0, 0.1) is 19.4 Å². The number of aromatic nitrogens is 2. The number of amides is 1. The van der Waals surface area contributed by atoms with Crippen molar-refractivity contribution in [2.24, 2.45) is 5.92 Å². The first kappa shape index (κ1) is 21.9. The van der Waals surface area contributed by atoms with Crippen molar-refractivity contribution < 1.29 is 9.53 Å². The Balaban J connectivity index is 2.24. The van der Waals surface area contributed by atoms with Gasteiger partial charge in [-0.3, -0.25) is 0 Å². The molecule has 28 heavy (non-hydrogen) atoms. The van der Waals surface area contributed by atoms with Crippen molar-refractivity contribution >= 4 is 12.0 Å². The van der Waals surface area contributed by atoms with E-state index in [1.54, 1.807) is 11.1 Å². The normalized spacial score (nSPS) is 18.2. The Morgan fingerprint density at radius 3 is 2.43 bits per heavy atom. The lowest BCUT2D eigenvalue weighted by molar-refractivity contribution is 0.0201. The first-order chi connectivity index (χ1) is 12.9. The molecule has 1 saturated heterocycles. The first-order valence-corrected chi connectivity index (χ1v) is 9.83. The van der Waals surface area contributed by atoms with Crippen LogP contribution in [0.5, 0.6) is 0 Å². The van der Waals surface area contributed by atoms with E-state index in [1.165, 1.54) is 0 Å². The second kappa shape index (κ2) is 7.94. The predicted molar refractivity (Wildman–Crippen MR) is 110 cm³/mol. The van der Waals surface area contributed by atoms with Crippen molar-refractivity contribution in [2.75, 3.05) is 24.5 Å². The molecular formula is C21H33N5O2. The molecule has 0 bridgehead atoms. The van der Waals surface area contributed by atoms with Gasteiger partial charge < -0.3 is 19.4 Å². The minimum Gasteiger partial charge on any atom is -0.444 e. The van der Waals surface area contributed by atoms with Gasteiger partial charge in [0.1, 0.15) is 5.60 Å². The van der Waals surface area contributed by atoms with Gasteiger partial charge >= 0.3 is 6.09 Å². The van der Waals surface area contributed by atoms with E-state index in [0.717, 1.165) is 11.3 Å². The smallest absolute Gasteiger partial charge is 0.410 e. The van der Waals surface area contributed by atoms with Crippen LogP contribution in [0.3, 0.4) is 0 Å². The van der Waals surface area contributed by atoms with E-state index in [0.29, 0.717) is 31.5 Å². The van der Waals surface area contributed by atoms with Gasteiger partial charge in [0.05, 0.1) is 17.3 Å². The molecule has 154 valence electrons. The zero-order valence-electron chi connectivity index (χ0n) is 18.4. The number of ether oxygens (including phenoxy) is 1. The Morgan fingerprint density at radius 2 is 1.93 bits per heavy atom. The van der Waals surface area contributed by atoms with Gasteiger partial charge in [0.25, 0.3) is 5.54 Å². The maximum atomic E-state index is 12.5. The van der Waals surface area contributed by atoms with Crippen LogP contribution in [-0.4, -0.2) is 52.2 Å². The van der Waals surface area contributed by atoms with Crippen molar-refractivity contribution in [1.82, 2.24) is 14.9 Å². The molecule has 1 aromatic rings. The average molecular weight is 388 g/mol. The van der Waals surface area contributed by atoms with E-state index >= 15 is 0 Å². The lowest BCUT2D eigenvalue weighted by Crippen LogP contribution is -2.58. The van der Waals surface area contributed by atoms with Crippen LogP contribution in [-0.2, 0) is 10.3 Å². The third kappa shape index (κ3) is 4.92. The van der Waals surface area contributed by atoms with Crippen molar-refractivity contribution in [3.63, 3.8) is 0 Å². The van der Waals surface area contributed by atoms with Crippen molar-refractivity contribution in [2.45, 2.75) is 72.6 Å².